The predicted molar refractivity (Wildman–Crippen MR) is 91.0 cm³/mol. The molecule has 0 fully saturated rings. The Hall–Kier alpha value is -1.81. The van der Waals surface area contributed by atoms with Gasteiger partial charge in [-0.1, -0.05) is 53.2 Å². The highest BCUT2D eigenvalue weighted by Crippen LogP contribution is 2.43. The maximum absolute atomic E-state index is 6.11. The zero-order chi connectivity index (χ0) is 15.1. The van der Waals surface area contributed by atoms with Gasteiger partial charge in [0.15, 0.2) is 6.23 Å². The molecule has 2 aromatic carbocycles. The molecule has 112 valence electrons. The Labute approximate surface area is 138 Å². The molecule has 4 heteroatoms. The second-order valence-electron chi connectivity index (χ2n) is 5.67. The molecule has 2 heterocycles. The van der Waals surface area contributed by atoms with E-state index < -0.39 is 0 Å². The Kier molecular flexibility index (Phi) is 3.41. The van der Waals surface area contributed by atoms with Crippen LogP contribution in [0.4, 0.5) is 0 Å². The molecule has 0 N–H and O–H groups in total. The Balaban J connectivity index is 1.72. The number of nitrogens with zero attached hydrogens (tertiary/aromatic N) is 2. The lowest BCUT2D eigenvalue weighted by molar-refractivity contribution is -0.0188. The first kappa shape index (κ1) is 13.8. The second-order valence-corrected chi connectivity index (χ2v) is 6.59. The lowest BCUT2D eigenvalue weighted by Gasteiger charge is -2.37. The second kappa shape index (κ2) is 5.43. The standard InChI is InChI=1S/C18H17BrN2O/c1-2-18-21-16(14-5-3-4-6-17(14)22-18)11-15(20-21)12-7-9-13(19)10-8-12/h3-10,16,18H,2,11H2,1H3. The van der Waals surface area contributed by atoms with Gasteiger partial charge in [-0.3, -0.25) is 5.01 Å². The van der Waals surface area contributed by atoms with Crippen molar-refractivity contribution in [3.8, 4) is 5.75 Å². The predicted octanol–water partition coefficient (Wildman–Crippen LogP) is 4.73. The van der Waals surface area contributed by atoms with E-state index in [-0.39, 0.29) is 12.3 Å². The number of halogens is 1. The molecule has 4 rings (SSSR count). The van der Waals surface area contributed by atoms with E-state index in [0.29, 0.717) is 0 Å². The third kappa shape index (κ3) is 2.22. The van der Waals surface area contributed by atoms with Crippen LogP contribution in [-0.4, -0.2) is 16.9 Å². The number of fused-ring (bicyclic) bond motifs is 3. The summed E-state index contributed by atoms with van der Waals surface area (Å²) in [6.07, 6.45) is 1.87. The first-order chi connectivity index (χ1) is 10.8. The minimum absolute atomic E-state index is 0.0212. The first-order valence-corrected chi connectivity index (χ1v) is 8.43. The van der Waals surface area contributed by atoms with Crippen LogP contribution in [0.15, 0.2) is 58.1 Å². The third-order valence-corrected chi connectivity index (χ3v) is 4.83. The average Bonchev–Trinajstić information content (AvgIpc) is 3.00. The SMILES string of the molecule is CCC1Oc2ccccc2C2CC(c3ccc(Br)cc3)=NN12. The molecule has 0 saturated heterocycles. The third-order valence-electron chi connectivity index (χ3n) is 4.30. The van der Waals surface area contributed by atoms with Crippen LogP contribution >= 0.6 is 15.9 Å². The van der Waals surface area contributed by atoms with Crippen molar-refractivity contribution in [1.82, 2.24) is 5.01 Å². The summed E-state index contributed by atoms with van der Waals surface area (Å²) >= 11 is 3.49. The molecule has 0 amide bonds. The molecule has 0 aliphatic carbocycles. The average molecular weight is 357 g/mol. The number of benzene rings is 2. The zero-order valence-corrected chi connectivity index (χ0v) is 14.0. The fourth-order valence-electron chi connectivity index (χ4n) is 3.20. The van der Waals surface area contributed by atoms with E-state index in [9.17, 15) is 0 Å². The highest BCUT2D eigenvalue weighted by atomic mass is 79.9. The summed E-state index contributed by atoms with van der Waals surface area (Å²) in [5.74, 6) is 1.00. The molecular weight excluding hydrogens is 340 g/mol. The van der Waals surface area contributed by atoms with E-state index in [1.165, 1.54) is 11.1 Å². The Morgan fingerprint density at radius 3 is 2.73 bits per heavy atom. The monoisotopic (exact) mass is 356 g/mol. The number of hydrogen-bond donors (Lipinski definition) is 0. The Morgan fingerprint density at radius 2 is 1.95 bits per heavy atom. The normalized spacial score (nSPS) is 22.6. The van der Waals surface area contributed by atoms with Crippen molar-refractivity contribution in [2.75, 3.05) is 0 Å². The van der Waals surface area contributed by atoms with E-state index in [1.807, 2.05) is 6.07 Å². The molecule has 3 nitrogen and oxygen atoms in total. The van der Waals surface area contributed by atoms with Crippen LogP contribution in [0.3, 0.4) is 0 Å². The molecule has 0 radical (unpaired) electrons. The topological polar surface area (TPSA) is 24.8 Å². The van der Waals surface area contributed by atoms with Gasteiger partial charge >= 0.3 is 0 Å². The van der Waals surface area contributed by atoms with Gasteiger partial charge in [-0.05, 0) is 23.8 Å². The van der Waals surface area contributed by atoms with Crippen LogP contribution in [0.25, 0.3) is 0 Å². The maximum Gasteiger partial charge on any atom is 0.187 e. The zero-order valence-electron chi connectivity index (χ0n) is 12.4. The van der Waals surface area contributed by atoms with E-state index in [4.69, 9.17) is 9.84 Å². The van der Waals surface area contributed by atoms with Gasteiger partial charge in [-0.15, -0.1) is 0 Å². The number of hydrogen-bond acceptors (Lipinski definition) is 3. The van der Waals surface area contributed by atoms with Crippen molar-refractivity contribution in [1.29, 1.82) is 0 Å². The number of hydrazone groups is 1. The molecule has 0 aromatic heterocycles. The van der Waals surface area contributed by atoms with Gasteiger partial charge < -0.3 is 4.74 Å². The number of rotatable bonds is 2. The smallest absolute Gasteiger partial charge is 0.187 e. The van der Waals surface area contributed by atoms with Crippen LogP contribution in [0.5, 0.6) is 5.75 Å². The van der Waals surface area contributed by atoms with E-state index in [0.717, 1.165) is 28.8 Å². The van der Waals surface area contributed by atoms with Gasteiger partial charge in [0.25, 0.3) is 0 Å². The molecule has 2 aromatic rings. The fourth-order valence-corrected chi connectivity index (χ4v) is 3.46. The van der Waals surface area contributed by atoms with E-state index >= 15 is 0 Å². The highest BCUT2D eigenvalue weighted by Gasteiger charge is 2.39. The minimum atomic E-state index is 0.0212. The van der Waals surface area contributed by atoms with Crippen molar-refractivity contribution in [2.45, 2.75) is 32.0 Å². The fraction of sp³-hybridized carbons (Fsp3) is 0.278. The number of ether oxygens (including phenoxy) is 1. The maximum atomic E-state index is 6.11. The molecular formula is C18H17BrN2O. The van der Waals surface area contributed by atoms with Crippen molar-refractivity contribution in [3.05, 3.63) is 64.1 Å². The van der Waals surface area contributed by atoms with Gasteiger partial charge in [0.2, 0.25) is 0 Å². The van der Waals surface area contributed by atoms with Gasteiger partial charge in [0.1, 0.15) is 5.75 Å². The molecule has 2 unspecified atom stereocenters. The van der Waals surface area contributed by atoms with Crippen molar-refractivity contribution in [2.24, 2.45) is 5.10 Å². The summed E-state index contributed by atoms with van der Waals surface area (Å²) in [4.78, 5) is 0. The van der Waals surface area contributed by atoms with Gasteiger partial charge in [-0.25, -0.2) is 0 Å². The van der Waals surface area contributed by atoms with Crippen molar-refractivity contribution in [3.63, 3.8) is 0 Å². The molecule has 2 aliphatic heterocycles. The van der Waals surface area contributed by atoms with Crippen LogP contribution in [0.1, 0.15) is 36.9 Å². The molecule has 22 heavy (non-hydrogen) atoms. The Morgan fingerprint density at radius 1 is 1.18 bits per heavy atom. The summed E-state index contributed by atoms with van der Waals surface area (Å²) in [5.41, 5.74) is 3.56. The van der Waals surface area contributed by atoms with E-state index in [2.05, 4.69) is 70.3 Å². The highest BCUT2D eigenvalue weighted by molar-refractivity contribution is 9.10. The summed E-state index contributed by atoms with van der Waals surface area (Å²) in [5, 5.41) is 7.01. The quantitative estimate of drug-likeness (QED) is 0.776. The summed E-state index contributed by atoms with van der Waals surface area (Å²) in [7, 11) is 0. The van der Waals surface area contributed by atoms with E-state index in [1.54, 1.807) is 0 Å². The molecule has 2 aliphatic rings. The first-order valence-electron chi connectivity index (χ1n) is 7.63. The lowest BCUT2D eigenvalue weighted by atomic mass is 9.96. The molecule has 0 saturated carbocycles. The molecule has 0 spiro atoms. The van der Waals surface area contributed by atoms with Crippen LogP contribution in [0, 0.1) is 0 Å². The Bertz CT molecular complexity index is 726. The summed E-state index contributed by atoms with van der Waals surface area (Å²) in [6.45, 7) is 2.14. The van der Waals surface area contributed by atoms with Crippen molar-refractivity contribution >= 4 is 21.6 Å². The van der Waals surface area contributed by atoms with Crippen molar-refractivity contribution < 1.29 is 4.74 Å². The minimum Gasteiger partial charge on any atom is -0.469 e. The largest absolute Gasteiger partial charge is 0.469 e. The van der Waals surface area contributed by atoms with Crippen LogP contribution in [0.2, 0.25) is 0 Å². The lowest BCUT2D eigenvalue weighted by Crippen LogP contribution is -2.39. The van der Waals surface area contributed by atoms with Gasteiger partial charge in [0.05, 0.1) is 11.8 Å². The van der Waals surface area contributed by atoms with Crippen LogP contribution in [-0.2, 0) is 0 Å². The number of para-hydroxylation sites is 1. The molecule has 2 atom stereocenters. The van der Waals surface area contributed by atoms with Gasteiger partial charge in [-0.2, -0.15) is 5.10 Å². The summed E-state index contributed by atoms with van der Waals surface area (Å²) in [6, 6.07) is 17.0. The van der Waals surface area contributed by atoms with Gasteiger partial charge in [0, 0.05) is 22.9 Å². The summed E-state index contributed by atoms with van der Waals surface area (Å²) < 4.78 is 7.20. The molecule has 0 bridgehead atoms. The van der Waals surface area contributed by atoms with Crippen LogP contribution < -0.4 is 4.74 Å².